The van der Waals surface area contributed by atoms with Crippen LogP contribution in [0, 0.1) is 12.8 Å². The van der Waals surface area contributed by atoms with Crippen molar-refractivity contribution >= 4 is 34.8 Å². The Kier molecular flexibility index (Phi) is 3.41. The van der Waals surface area contributed by atoms with Crippen LogP contribution in [0.4, 0.5) is 5.69 Å². The first-order chi connectivity index (χ1) is 7.60. The van der Waals surface area contributed by atoms with Gasteiger partial charge in [-0.25, -0.2) is 0 Å². The molecular weight excluding hydrogens is 245 g/mol. The summed E-state index contributed by atoms with van der Waals surface area (Å²) in [7, 11) is 0. The molecule has 1 aliphatic heterocycles. The molecular formula is C12H13Cl2NO. The number of alkyl halides is 1. The maximum Gasteiger partial charge on any atom is 0.227 e. The lowest BCUT2D eigenvalue weighted by molar-refractivity contribution is -0.117. The minimum Gasteiger partial charge on any atom is -0.312 e. The molecule has 86 valence electrons. The second kappa shape index (κ2) is 4.64. The van der Waals surface area contributed by atoms with E-state index in [9.17, 15) is 4.79 Å². The average Bonchev–Trinajstić information content (AvgIpc) is 2.58. The van der Waals surface area contributed by atoms with Gasteiger partial charge in [0.1, 0.15) is 0 Å². The van der Waals surface area contributed by atoms with Crippen LogP contribution in [0.25, 0.3) is 0 Å². The molecule has 1 atom stereocenters. The third kappa shape index (κ3) is 2.33. The number of carbonyl (C=O) groups is 1. The third-order valence-corrected chi connectivity index (χ3v) is 3.42. The van der Waals surface area contributed by atoms with Crippen molar-refractivity contribution in [3.8, 4) is 0 Å². The molecule has 0 bridgehead atoms. The number of nitrogens with zero attached hydrogens (tertiary/aromatic N) is 1. The summed E-state index contributed by atoms with van der Waals surface area (Å²) in [6, 6.07) is 5.67. The van der Waals surface area contributed by atoms with Crippen LogP contribution < -0.4 is 4.90 Å². The normalized spacial score (nSPS) is 20.6. The van der Waals surface area contributed by atoms with Gasteiger partial charge < -0.3 is 4.90 Å². The fourth-order valence-corrected chi connectivity index (χ4v) is 2.50. The van der Waals surface area contributed by atoms with Crippen molar-refractivity contribution in [3.63, 3.8) is 0 Å². The minimum atomic E-state index is 0.132. The minimum absolute atomic E-state index is 0.132. The van der Waals surface area contributed by atoms with E-state index in [1.165, 1.54) is 0 Å². The third-order valence-electron chi connectivity index (χ3n) is 2.76. The highest BCUT2D eigenvalue weighted by molar-refractivity contribution is 6.31. The van der Waals surface area contributed by atoms with Crippen LogP contribution in [-0.4, -0.2) is 18.3 Å². The number of anilines is 1. The molecule has 0 N–H and O–H groups in total. The highest BCUT2D eigenvalue weighted by Gasteiger charge is 2.30. The number of benzene rings is 1. The summed E-state index contributed by atoms with van der Waals surface area (Å²) in [5.41, 5.74) is 1.94. The second-order valence-corrected chi connectivity index (χ2v) is 4.96. The van der Waals surface area contributed by atoms with Gasteiger partial charge in [0.15, 0.2) is 0 Å². The Bertz CT molecular complexity index is 399. The monoisotopic (exact) mass is 257 g/mol. The van der Waals surface area contributed by atoms with E-state index in [2.05, 4.69) is 0 Å². The molecule has 0 aliphatic carbocycles. The molecule has 1 fully saturated rings. The highest BCUT2D eigenvalue weighted by Crippen LogP contribution is 2.28. The van der Waals surface area contributed by atoms with E-state index in [0.29, 0.717) is 23.9 Å². The number of hydrogen-bond acceptors (Lipinski definition) is 1. The van der Waals surface area contributed by atoms with Gasteiger partial charge in [-0.2, -0.15) is 0 Å². The number of amides is 1. The molecule has 0 radical (unpaired) electrons. The summed E-state index contributed by atoms with van der Waals surface area (Å²) in [6.45, 7) is 2.66. The molecule has 0 saturated carbocycles. The van der Waals surface area contributed by atoms with Gasteiger partial charge in [-0.1, -0.05) is 11.6 Å². The molecule has 1 heterocycles. The molecule has 2 rings (SSSR count). The first-order valence-corrected chi connectivity index (χ1v) is 6.15. The Hall–Kier alpha value is -0.730. The van der Waals surface area contributed by atoms with Crippen LogP contribution in [0.1, 0.15) is 12.0 Å². The molecule has 16 heavy (non-hydrogen) atoms. The first kappa shape index (κ1) is 11.7. The number of carbonyl (C=O) groups excluding carboxylic acids is 1. The maximum atomic E-state index is 11.8. The number of hydrogen-bond donors (Lipinski definition) is 0. The quantitative estimate of drug-likeness (QED) is 0.746. The lowest BCUT2D eigenvalue weighted by Crippen LogP contribution is -2.24. The summed E-state index contributed by atoms with van der Waals surface area (Å²) >= 11 is 11.8. The van der Waals surface area contributed by atoms with Gasteiger partial charge in [0.2, 0.25) is 5.91 Å². The molecule has 2 nitrogen and oxygen atoms in total. The molecule has 1 aromatic carbocycles. The van der Waals surface area contributed by atoms with E-state index >= 15 is 0 Å². The van der Waals surface area contributed by atoms with Crippen molar-refractivity contribution in [2.45, 2.75) is 13.3 Å². The number of aryl methyl sites for hydroxylation is 1. The Morgan fingerprint density at radius 1 is 1.44 bits per heavy atom. The predicted octanol–water partition coefficient (Wildman–Crippen LogP) is 3.24. The smallest absolute Gasteiger partial charge is 0.227 e. The molecule has 1 amide bonds. The summed E-state index contributed by atoms with van der Waals surface area (Å²) in [6.07, 6.45) is 0.537. The van der Waals surface area contributed by atoms with E-state index < -0.39 is 0 Å². The van der Waals surface area contributed by atoms with E-state index in [4.69, 9.17) is 23.2 Å². The van der Waals surface area contributed by atoms with Gasteiger partial charge in [-0.3, -0.25) is 4.79 Å². The Morgan fingerprint density at radius 2 is 2.19 bits per heavy atom. The van der Waals surface area contributed by atoms with Gasteiger partial charge in [0, 0.05) is 29.6 Å². The molecule has 1 saturated heterocycles. The van der Waals surface area contributed by atoms with Gasteiger partial charge in [0.05, 0.1) is 0 Å². The Balaban J connectivity index is 2.27. The van der Waals surface area contributed by atoms with Crippen LogP contribution in [0.5, 0.6) is 0 Å². The van der Waals surface area contributed by atoms with E-state index in [0.717, 1.165) is 11.3 Å². The summed E-state index contributed by atoms with van der Waals surface area (Å²) in [5.74, 6) is 0.919. The van der Waals surface area contributed by atoms with Gasteiger partial charge in [-0.05, 0) is 36.6 Å². The Labute approximate surface area is 105 Å². The van der Waals surface area contributed by atoms with Crippen molar-refractivity contribution in [3.05, 3.63) is 28.8 Å². The number of halogens is 2. The van der Waals surface area contributed by atoms with Crippen LogP contribution in [0.3, 0.4) is 0 Å². The summed E-state index contributed by atoms with van der Waals surface area (Å²) in [4.78, 5) is 13.6. The lowest BCUT2D eigenvalue weighted by atomic mass is 10.1. The van der Waals surface area contributed by atoms with Crippen LogP contribution >= 0.6 is 23.2 Å². The SMILES string of the molecule is Cc1cc(Cl)cc(N2CC(CCl)CC2=O)c1. The molecule has 1 aromatic rings. The summed E-state index contributed by atoms with van der Waals surface area (Å²) < 4.78 is 0. The zero-order valence-electron chi connectivity index (χ0n) is 9.04. The van der Waals surface area contributed by atoms with Gasteiger partial charge >= 0.3 is 0 Å². The molecule has 0 aromatic heterocycles. The van der Waals surface area contributed by atoms with Crippen molar-refractivity contribution < 1.29 is 4.79 Å². The predicted molar refractivity (Wildman–Crippen MR) is 67.4 cm³/mol. The fourth-order valence-electron chi connectivity index (χ4n) is 2.01. The molecule has 1 aliphatic rings. The Morgan fingerprint density at radius 3 is 2.75 bits per heavy atom. The highest BCUT2D eigenvalue weighted by atomic mass is 35.5. The topological polar surface area (TPSA) is 20.3 Å². The maximum absolute atomic E-state index is 11.8. The fraction of sp³-hybridized carbons (Fsp3) is 0.417. The van der Waals surface area contributed by atoms with Crippen LogP contribution in [0.15, 0.2) is 18.2 Å². The van der Waals surface area contributed by atoms with Gasteiger partial charge in [0.25, 0.3) is 0 Å². The zero-order valence-corrected chi connectivity index (χ0v) is 10.6. The average molecular weight is 258 g/mol. The van der Waals surface area contributed by atoms with Crippen molar-refractivity contribution in [1.82, 2.24) is 0 Å². The van der Waals surface area contributed by atoms with Crippen LogP contribution in [-0.2, 0) is 4.79 Å². The van der Waals surface area contributed by atoms with E-state index in [1.807, 2.05) is 25.1 Å². The van der Waals surface area contributed by atoms with Crippen molar-refractivity contribution in [1.29, 1.82) is 0 Å². The van der Waals surface area contributed by atoms with Crippen molar-refractivity contribution in [2.75, 3.05) is 17.3 Å². The standard InChI is InChI=1S/C12H13Cl2NO/c1-8-2-10(14)5-11(3-8)15-7-9(6-13)4-12(15)16/h2-3,5,9H,4,6-7H2,1H3. The van der Waals surface area contributed by atoms with E-state index in [1.54, 1.807) is 4.90 Å². The van der Waals surface area contributed by atoms with Crippen LogP contribution in [0.2, 0.25) is 5.02 Å². The number of rotatable bonds is 2. The van der Waals surface area contributed by atoms with Gasteiger partial charge in [-0.15, -0.1) is 11.6 Å². The summed E-state index contributed by atoms with van der Waals surface area (Å²) in [5, 5.41) is 0.664. The largest absolute Gasteiger partial charge is 0.312 e. The first-order valence-electron chi connectivity index (χ1n) is 5.23. The molecule has 4 heteroatoms. The van der Waals surface area contributed by atoms with E-state index in [-0.39, 0.29) is 11.8 Å². The zero-order chi connectivity index (χ0) is 11.7. The lowest BCUT2D eigenvalue weighted by Gasteiger charge is -2.17. The molecule has 0 spiro atoms. The second-order valence-electron chi connectivity index (χ2n) is 4.22. The van der Waals surface area contributed by atoms with Crippen molar-refractivity contribution in [2.24, 2.45) is 5.92 Å². The molecule has 1 unspecified atom stereocenters.